The van der Waals surface area contributed by atoms with Crippen LogP contribution in [-0.2, 0) is 0 Å². The summed E-state index contributed by atoms with van der Waals surface area (Å²) < 4.78 is -1.82. The minimum absolute atomic E-state index is 0.118. The first-order valence-corrected chi connectivity index (χ1v) is 8.25. The molecule has 0 saturated carbocycles. The Morgan fingerprint density at radius 2 is 1.64 bits per heavy atom. The van der Waals surface area contributed by atoms with Crippen LogP contribution in [0.1, 0.15) is 15.9 Å². The lowest BCUT2D eigenvalue weighted by Crippen LogP contribution is -2.49. The van der Waals surface area contributed by atoms with E-state index in [4.69, 9.17) is 34.8 Å². The van der Waals surface area contributed by atoms with Crippen molar-refractivity contribution in [3.63, 3.8) is 0 Å². The lowest BCUT2D eigenvalue weighted by molar-refractivity contribution is -0.384. The first-order valence-electron chi connectivity index (χ1n) is 7.12. The number of nitrogens with one attached hydrogen (secondary N) is 2. The van der Waals surface area contributed by atoms with Crippen LogP contribution in [0, 0.1) is 17.0 Å². The summed E-state index contributed by atoms with van der Waals surface area (Å²) in [7, 11) is 0. The van der Waals surface area contributed by atoms with Crippen molar-refractivity contribution >= 4 is 52.1 Å². The molecule has 0 radical (unpaired) electrons. The average molecular weight is 403 g/mol. The quantitative estimate of drug-likeness (QED) is 0.335. The highest BCUT2D eigenvalue weighted by molar-refractivity contribution is 6.68. The van der Waals surface area contributed by atoms with Crippen molar-refractivity contribution in [2.45, 2.75) is 16.9 Å². The minimum atomic E-state index is -1.82. The molecule has 0 spiro atoms. The molecule has 132 valence electrons. The summed E-state index contributed by atoms with van der Waals surface area (Å²) in [5.74, 6) is -0.536. The third kappa shape index (κ3) is 5.49. The summed E-state index contributed by atoms with van der Waals surface area (Å²) in [4.78, 5) is 22.4. The first kappa shape index (κ1) is 19.3. The van der Waals surface area contributed by atoms with Gasteiger partial charge in [0.2, 0.25) is 3.79 Å². The van der Waals surface area contributed by atoms with Gasteiger partial charge in [0.25, 0.3) is 11.6 Å². The monoisotopic (exact) mass is 401 g/mol. The zero-order valence-electron chi connectivity index (χ0n) is 13.0. The lowest BCUT2D eigenvalue weighted by atomic mass is 10.2. The molecule has 0 aromatic heterocycles. The van der Waals surface area contributed by atoms with Gasteiger partial charge in [0.15, 0.2) is 0 Å². The summed E-state index contributed by atoms with van der Waals surface area (Å²) in [5.41, 5.74) is 1.81. The molecule has 0 saturated heterocycles. The Balaban J connectivity index is 2.14. The summed E-state index contributed by atoms with van der Waals surface area (Å²) in [6.07, 6.45) is -1.01. The molecule has 9 heteroatoms. The molecule has 0 heterocycles. The SMILES string of the molecule is Cc1ccc(N[C@@H](NC(=O)c2ccc([N+](=O)[O-])cc2)C(Cl)(Cl)Cl)cc1. The third-order valence-corrected chi connectivity index (χ3v) is 3.96. The van der Waals surface area contributed by atoms with E-state index in [0.29, 0.717) is 5.69 Å². The molecule has 0 aliphatic carbocycles. The van der Waals surface area contributed by atoms with Crippen molar-refractivity contribution in [3.8, 4) is 0 Å². The Labute approximate surface area is 159 Å². The van der Waals surface area contributed by atoms with E-state index in [1.807, 2.05) is 19.1 Å². The molecule has 0 aliphatic heterocycles. The number of amides is 1. The predicted octanol–water partition coefficient (Wildman–Crippen LogP) is 4.44. The lowest BCUT2D eigenvalue weighted by Gasteiger charge is -2.27. The highest BCUT2D eigenvalue weighted by Crippen LogP contribution is 2.31. The van der Waals surface area contributed by atoms with Gasteiger partial charge < -0.3 is 10.6 Å². The number of nitro groups is 1. The molecule has 1 amide bonds. The predicted molar refractivity (Wildman–Crippen MR) is 99.4 cm³/mol. The van der Waals surface area contributed by atoms with Crippen LogP contribution in [-0.4, -0.2) is 20.8 Å². The maximum Gasteiger partial charge on any atom is 0.269 e. The van der Waals surface area contributed by atoms with Gasteiger partial charge in [-0.1, -0.05) is 52.5 Å². The Kier molecular flexibility index (Phi) is 6.11. The topological polar surface area (TPSA) is 84.3 Å². The van der Waals surface area contributed by atoms with E-state index in [9.17, 15) is 14.9 Å². The summed E-state index contributed by atoms with van der Waals surface area (Å²) in [6.45, 7) is 1.94. The second-order valence-electron chi connectivity index (χ2n) is 5.26. The first-order chi connectivity index (χ1) is 11.7. The fourth-order valence-corrected chi connectivity index (χ4v) is 2.29. The summed E-state index contributed by atoms with van der Waals surface area (Å²) in [5, 5.41) is 16.2. The molecular formula is C16H14Cl3N3O3. The number of carbonyl (C=O) groups excluding carboxylic acids is 1. The van der Waals surface area contributed by atoms with E-state index in [2.05, 4.69) is 10.6 Å². The van der Waals surface area contributed by atoms with Gasteiger partial charge in [-0.3, -0.25) is 14.9 Å². The number of anilines is 1. The van der Waals surface area contributed by atoms with Gasteiger partial charge in [0.1, 0.15) is 6.17 Å². The van der Waals surface area contributed by atoms with Gasteiger partial charge in [0.05, 0.1) is 4.92 Å². The highest BCUT2D eigenvalue weighted by atomic mass is 35.6. The van der Waals surface area contributed by atoms with Crippen molar-refractivity contribution in [2.75, 3.05) is 5.32 Å². The molecular weight excluding hydrogens is 389 g/mol. The molecule has 25 heavy (non-hydrogen) atoms. The molecule has 1 atom stereocenters. The van der Waals surface area contributed by atoms with Gasteiger partial charge in [-0.05, 0) is 31.2 Å². The minimum Gasteiger partial charge on any atom is -0.362 e. The number of nitro benzene ring substituents is 1. The van der Waals surface area contributed by atoms with Crippen LogP contribution in [0.4, 0.5) is 11.4 Å². The average Bonchev–Trinajstić information content (AvgIpc) is 2.55. The number of hydrogen-bond acceptors (Lipinski definition) is 4. The van der Waals surface area contributed by atoms with Gasteiger partial charge in [-0.15, -0.1) is 0 Å². The van der Waals surface area contributed by atoms with Crippen molar-refractivity contribution < 1.29 is 9.72 Å². The molecule has 0 bridgehead atoms. The largest absolute Gasteiger partial charge is 0.362 e. The van der Waals surface area contributed by atoms with Crippen LogP contribution in [0.2, 0.25) is 0 Å². The molecule has 0 unspecified atom stereocenters. The summed E-state index contributed by atoms with van der Waals surface area (Å²) in [6, 6.07) is 12.4. The van der Waals surface area contributed by atoms with Crippen LogP contribution >= 0.6 is 34.8 Å². The molecule has 0 aliphatic rings. The van der Waals surface area contributed by atoms with E-state index < -0.39 is 20.8 Å². The smallest absolute Gasteiger partial charge is 0.269 e. The Morgan fingerprint density at radius 1 is 1.08 bits per heavy atom. The molecule has 2 aromatic carbocycles. The maximum absolute atomic E-state index is 12.3. The van der Waals surface area contributed by atoms with Crippen LogP contribution in [0.3, 0.4) is 0 Å². The van der Waals surface area contributed by atoms with Gasteiger partial charge in [-0.2, -0.15) is 0 Å². The van der Waals surface area contributed by atoms with Crippen LogP contribution in [0.25, 0.3) is 0 Å². The fraction of sp³-hybridized carbons (Fsp3) is 0.188. The number of alkyl halides is 3. The van der Waals surface area contributed by atoms with Gasteiger partial charge >= 0.3 is 0 Å². The number of halogens is 3. The van der Waals surface area contributed by atoms with Crippen LogP contribution < -0.4 is 10.6 Å². The highest BCUT2D eigenvalue weighted by Gasteiger charge is 2.34. The number of benzene rings is 2. The van der Waals surface area contributed by atoms with E-state index in [-0.39, 0.29) is 11.3 Å². The van der Waals surface area contributed by atoms with E-state index in [1.54, 1.807) is 12.1 Å². The molecule has 2 rings (SSSR count). The fourth-order valence-electron chi connectivity index (χ4n) is 1.97. The standard InChI is InChI=1S/C16H14Cl3N3O3/c1-10-2-6-12(7-3-10)20-15(16(17,18)19)21-14(23)11-4-8-13(9-5-11)22(24)25/h2-9,15,20H,1H3,(H,21,23)/t15-/m0/s1. The Bertz CT molecular complexity index is 759. The second-order valence-corrected chi connectivity index (χ2v) is 7.63. The number of nitrogens with zero attached hydrogens (tertiary/aromatic N) is 1. The van der Waals surface area contributed by atoms with Crippen LogP contribution in [0.5, 0.6) is 0 Å². The third-order valence-electron chi connectivity index (χ3n) is 3.31. The summed E-state index contributed by atoms with van der Waals surface area (Å²) >= 11 is 17.8. The number of aryl methyl sites for hydroxylation is 1. The van der Waals surface area contributed by atoms with Crippen LogP contribution in [0.15, 0.2) is 48.5 Å². The molecule has 0 fully saturated rings. The molecule has 6 nitrogen and oxygen atoms in total. The van der Waals surface area contributed by atoms with Gasteiger partial charge in [-0.25, -0.2) is 0 Å². The van der Waals surface area contributed by atoms with E-state index >= 15 is 0 Å². The number of hydrogen-bond donors (Lipinski definition) is 2. The van der Waals surface area contributed by atoms with Crippen molar-refractivity contribution in [1.29, 1.82) is 0 Å². The Hall–Kier alpha value is -2.02. The number of non-ortho nitro benzene ring substituents is 1. The van der Waals surface area contributed by atoms with Crippen molar-refractivity contribution in [2.24, 2.45) is 0 Å². The second kappa shape index (κ2) is 7.91. The number of carbonyl (C=O) groups is 1. The maximum atomic E-state index is 12.3. The van der Waals surface area contributed by atoms with Crippen molar-refractivity contribution in [1.82, 2.24) is 5.32 Å². The Morgan fingerprint density at radius 3 is 2.12 bits per heavy atom. The zero-order valence-corrected chi connectivity index (χ0v) is 15.3. The van der Waals surface area contributed by atoms with Gasteiger partial charge in [0, 0.05) is 23.4 Å². The molecule has 2 aromatic rings. The van der Waals surface area contributed by atoms with Crippen molar-refractivity contribution in [3.05, 3.63) is 69.8 Å². The zero-order chi connectivity index (χ0) is 18.6. The molecule has 2 N–H and O–H groups in total. The number of rotatable bonds is 5. The van der Waals surface area contributed by atoms with E-state index in [1.165, 1.54) is 24.3 Å². The normalized spacial score (nSPS) is 12.3. The van der Waals surface area contributed by atoms with E-state index in [0.717, 1.165) is 5.56 Å².